The highest BCUT2D eigenvalue weighted by atomic mass is 16.5. The lowest BCUT2D eigenvalue weighted by Crippen LogP contribution is -2.13. The molecular formula is C15H25NO2. The number of rotatable bonds is 1. The summed E-state index contributed by atoms with van der Waals surface area (Å²) < 4.78 is 4.25. The standard InChI is InChI=1S/C6H6.C5H7NO2.2C2H6/c1-2-4-6-5-3-1;1-4(6-2)5(7)8-3;2*1-2/h1-6H;4H,1,3H3;2*1-2H3. The fourth-order valence-corrected chi connectivity index (χ4v) is 0.608. The van der Waals surface area contributed by atoms with Crippen LogP contribution in [0, 0.1) is 6.57 Å². The van der Waals surface area contributed by atoms with E-state index in [-0.39, 0.29) is 0 Å². The van der Waals surface area contributed by atoms with Crippen molar-refractivity contribution in [1.82, 2.24) is 0 Å². The van der Waals surface area contributed by atoms with Crippen LogP contribution in [0.1, 0.15) is 34.6 Å². The number of ether oxygens (including phenoxy) is 1. The predicted octanol–water partition coefficient (Wildman–Crippen LogP) is 4.21. The lowest BCUT2D eigenvalue weighted by molar-refractivity contribution is -0.140. The molecule has 0 aliphatic carbocycles. The van der Waals surface area contributed by atoms with Crippen LogP contribution in [0.15, 0.2) is 36.4 Å². The number of hydrogen-bond donors (Lipinski definition) is 0. The summed E-state index contributed by atoms with van der Waals surface area (Å²) in [5, 5.41) is 0. The SMILES string of the molecule is CC.CC.[C-]#[N+]C(C)C(=O)OC.c1ccccc1. The highest BCUT2D eigenvalue weighted by Crippen LogP contribution is 1.89. The Balaban J connectivity index is -0.000000199. The van der Waals surface area contributed by atoms with E-state index >= 15 is 0 Å². The first-order chi connectivity index (χ1) is 8.72. The third kappa shape index (κ3) is 16.6. The fourth-order valence-electron chi connectivity index (χ4n) is 0.608. The minimum Gasteiger partial charge on any atom is -0.463 e. The molecule has 0 amide bonds. The summed E-state index contributed by atoms with van der Waals surface area (Å²) in [6.45, 7) is 15.9. The molecule has 0 fully saturated rings. The molecule has 0 radical (unpaired) electrons. The van der Waals surface area contributed by atoms with Gasteiger partial charge in [0.2, 0.25) is 0 Å². The van der Waals surface area contributed by atoms with Crippen LogP contribution < -0.4 is 0 Å². The van der Waals surface area contributed by atoms with Gasteiger partial charge in [-0.15, -0.1) is 0 Å². The number of carbonyl (C=O) groups is 1. The zero-order valence-corrected chi connectivity index (χ0v) is 12.3. The quantitative estimate of drug-likeness (QED) is 0.553. The Bertz CT molecular complexity index is 264. The molecular weight excluding hydrogens is 226 g/mol. The van der Waals surface area contributed by atoms with Gasteiger partial charge < -0.3 is 9.58 Å². The normalized spacial score (nSPS) is 8.50. The summed E-state index contributed by atoms with van der Waals surface area (Å²) in [6, 6.07) is 11.3. The number of hydrogen-bond acceptors (Lipinski definition) is 2. The van der Waals surface area contributed by atoms with E-state index in [9.17, 15) is 4.79 Å². The van der Waals surface area contributed by atoms with Gasteiger partial charge in [-0.05, 0) is 0 Å². The number of methoxy groups -OCH3 is 1. The van der Waals surface area contributed by atoms with Gasteiger partial charge in [0.15, 0.2) is 0 Å². The van der Waals surface area contributed by atoms with Gasteiger partial charge in [0.05, 0.1) is 7.11 Å². The molecule has 0 aromatic heterocycles. The number of esters is 1. The minimum absolute atomic E-state index is 0.472. The van der Waals surface area contributed by atoms with Gasteiger partial charge in [-0.3, -0.25) is 0 Å². The fraction of sp³-hybridized carbons (Fsp3) is 0.467. The predicted molar refractivity (Wildman–Crippen MR) is 77.2 cm³/mol. The molecule has 0 saturated carbocycles. The van der Waals surface area contributed by atoms with Crippen LogP contribution in [-0.2, 0) is 9.53 Å². The Hall–Kier alpha value is -1.82. The van der Waals surface area contributed by atoms with Gasteiger partial charge in [-0.2, -0.15) is 0 Å². The van der Waals surface area contributed by atoms with Crippen LogP contribution >= 0.6 is 0 Å². The van der Waals surface area contributed by atoms with Crippen molar-refractivity contribution in [3.05, 3.63) is 47.8 Å². The summed E-state index contributed by atoms with van der Waals surface area (Å²) in [5.41, 5.74) is 0. The topological polar surface area (TPSA) is 30.7 Å². The molecule has 0 bridgehead atoms. The van der Waals surface area contributed by atoms with Gasteiger partial charge in [0.1, 0.15) is 0 Å². The summed E-state index contributed by atoms with van der Waals surface area (Å²) in [5.74, 6) is -0.472. The molecule has 1 aromatic rings. The molecule has 102 valence electrons. The monoisotopic (exact) mass is 251 g/mol. The van der Waals surface area contributed by atoms with Gasteiger partial charge in [-0.25, -0.2) is 11.4 Å². The molecule has 0 saturated heterocycles. The second-order valence-corrected chi connectivity index (χ2v) is 2.48. The molecule has 0 aliphatic rings. The van der Waals surface area contributed by atoms with E-state index in [1.54, 1.807) is 0 Å². The van der Waals surface area contributed by atoms with Gasteiger partial charge in [-0.1, -0.05) is 64.1 Å². The molecule has 1 unspecified atom stereocenters. The van der Waals surface area contributed by atoms with E-state index < -0.39 is 12.0 Å². The summed E-state index contributed by atoms with van der Waals surface area (Å²) >= 11 is 0. The molecule has 3 nitrogen and oxygen atoms in total. The van der Waals surface area contributed by atoms with Crippen LogP contribution in [-0.4, -0.2) is 19.1 Å². The Morgan fingerprint density at radius 3 is 1.39 bits per heavy atom. The van der Waals surface area contributed by atoms with Crippen LogP contribution in [0.5, 0.6) is 0 Å². The molecule has 1 aromatic carbocycles. The van der Waals surface area contributed by atoms with Gasteiger partial charge in [0, 0.05) is 6.92 Å². The third-order valence-electron chi connectivity index (χ3n) is 1.40. The zero-order valence-electron chi connectivity index (χ0n) is 12.3. The lowest BCUT2D eigenvalue weighted by atomic mass is 10.4. The smallest absolute Gasteiger partial charge is 0.389 e. The maximum absolute atomic E-state index is 10.3. The van der Waals surface area contributed by atoms with Crippen molar-refractivity contribution in [1.29, 1.82) is 0 Å². The Labute approximate surface area is 112 Å². The first-order valence-corrected chi connectivity index (χ1v) is 6.16. The van der Waals surface area contributed by atoms with Crippen molar-refractivity contribution in [2.24, 2.45) is 0 Å². The first-order valence-electron chi connectivity index (χ1n) is 6.16. The van der Waals surface area contributed by atoms with Crippen LogP contribution in [0.2, 0.25) is 0 Å². The Kier molecular flexibility index (Phi) is 24.5. The largest absolute Gasteiger partial charge is 0.463 e. The maximum atomic E-state index is 10.3. The Morgan fingerprint density at radius 1 is 1.00 bits per heavy atom. The molecule has 1 rings (SSSR count). The van der Waals surface area contributed by atoms with Crippen molar-refractivity contribution in [3.8, 4) is 0 Å². The lowest BCUT2D eigenvalue weighted by Gasteiger charge is -1.92. The second kappa shape index (κ2) is 20.6. The van der Waals surface area contributed by atoms with Crippen molar-refractivity contribution < 1.29 is 9.53 Å². The van der Waals surface area contributed by atoms with E-state index in [0.29, 0.717) is 0 Å². The first kappa shape index (κ1) is 21.5. The number of nitrogens with zero attached hydrogens (tertiary/aromatic N) is 1. The van der Waals surface area contributed by atoms with Gasteiger partial charge >= 0.3 is 12.0 Å². The van der Waals surface area contributed by atoms with E-state index in [1.807, 2.05) is 64.1 Å². The zero-order chi connectivity index (χ0) is 14.8. The van der Waals surface area contributed by atoms with Crippen LogP contribution in [0.4, 0.5) is 0 Å². The minimum atomic E-state index is -0.653. The van der Waals surface area contributed by atoms with E-state index in [0.717, 1.165) is 0 Å². The molecule has 0 heterocycles. The number of benzene rings is 1. The molecule has 1 atom stereocenters. The summed E-state index contributed by atoms with van der Waals surface area (Å²) in [4.78, 5) is 13.2. The summed E-state index contributed by atoms with van der Waals surface area (Å²) in [7, 11) is 1.27. The third-order valence-corrected chi connectivity index (χ3v) is 1.40. The van der Waals surface area contributed by atoms with Crippen molar-refractivity contribution in [2.75, 3.05) is 7.11 Å². The summed E-state index contributed by atoms with van der Waals surface area (Å²) in [6.07, 6.45) is 0. The van der Waals surface area contributed by atoms with Crippen molar-refractivity contribution in [2.45, 2.75) is 40.7 Å². The van der Waals surface area contributed by atoms with E-state index in [1.165, 1.54) is 14.0 Å². The van der Waals surface area contributed by atoms with E-state index in [2.05, 4.69) is 9.58 Å². The van der Waals surface area contributed by atoms with Crippen molar-refractivity contribution in [3.63, 3.8) is 0 Å². The average Bonchev–Trinajstić information content (AvgIpc) is 2.52. The van der Waals surface area contributed by atoms with Gasteiger partial charge in [0.25, 0.3) is 0 Å². The van der Waals surface area contributed by atoms with E-state index in [4.69, 9.17) is 6.57 Å². The molecule has 0 spiro atoms. The average molecular weight is 251 g/mol. The number of carbonyl (C=O) groups excluding carboxylic acids is 1. The Morgan fingerprint density at radius 2 is 1.28 bits per heavy atom. The highest BCUT2D eigenvalue weighted by Gasteiger charge is 2.15. The molecule has 3 heteroatoms. The van der Waals surface area contributed by atoms with Crippen LogP contribution in [0.3, 0.4) is 0 Å². The molecule has 0 aliphatic heterocycles. The highest BCUT2D eigenvalue weighted by molar-refractivity contribution is 5.76. The van der Waals surface area contributed by atoms with Crippen LogP contribution in [0.25, 0.3) is 4.85 Å². The van der Waals surface area contributed by atoms with Crippen molar-refractivity contribution >= 4 is 5.97 Å². The maximum Gasteiger partial charge on any atom is 0.389 e. The second-order valence-electron chi connectivity index (χ2n) is 2.48. The molecule has 0 N–H and O–H groups in total. The molecule has 18 heavy (non-hydrogen) atoms.